The summed E-state index contributed by atoms with van der Waals surface area (Å²) in [5.74, 6) is 0.906. The van der Waals surface area contributed by atoms with Crippen LogP contribution >= 0.6 is 0 Å². The summed E-state index contributed by atoms with van der Waals surface area (Å²) in [5, 5.41) is 0. The summed E-state index contributed by atoms with van der Waals surface area (Å²) in [4.78, 5) is 12.1. The van der Waals surface area contributed by atoms with Gasteiger partial charge in [-0.15, -0.1) is 0 Å². The summed E-state index contributed by atoms with van der Waals surface area (Å²) in [6.45, 7) is 2.20. The van der Waals surface area contributed by atoms with Gasteiger partial charge in [0.15, 0.2) is 0 Å². The second kappa shape index (κ2) is 5.95. The Kier molecular flexibility index (Phi) is 4.30. The van der Waals surface area contributed by atoms with Crippen LogP contribution in [-0.4, -0.2) is 19.2 Å². The van der Waals surface area contributed by atoms with Crippen LogP contribution < -0.4 is 10.5 Å². The molecule has 0 saturated heterocycles. The van der Waals surface area contributed by atoms with Crippen molar-refractivity contribution in [3.05, 3.63) is 23.8 Å². The van der Waals surface area contributed by atoms with E-state index in [-0.39, 0.29) is 12.1 Å². The monoisotopic (exact) mass is 263 g/mol. The molecule has 1 aromatic rings. The fraction of sp³-hybridized carbons (Fsp3) is 0.533. The number of benzene rings is 1. The average molecular weight is 263 g/mol. The predicted molar refractivity (Wildman–Crippen MR) is 74.2 cm³/mol. The van der Waals surface area contributed by atoms with Gasteiger partial charge in [-0.2, -0.15) is 0 Å². The Balaban J connectivity index is 2.01. The number of hydrogen-bond acceptors (Lipinski definition) is 4. The van der Waals surface area contributed by atoms with Crippen LogP contribution in [0.4, 0.5) is 5.69 Å². The Hall–Kier alpha value is -1.71. The Bertz CT molecular complexity index is 459. The molecule has 2 unspecified atom stereocenters. The third kappa shape index (κ3) is 3.40. The molecule has 1 aliphatic carbocycles. The topological polar surface area (TPSA) is 61.5 Å². The zero-order valence-corrected chi connectivity index (χ0v) is 11.5. The van der Waals surface area contributed by atoms with Gasteiger partial charge >= 0.3 is 5.97 Å². The molecule has 1 aliphatic rings. The minimum atomic E-state index is -0.298. The van der Waals surface area contributed by atoms with Gasteiger partial charge in [-0.1, -0.05) is 13.3 Å². The Labute approximate surface area is 113 Å². The average Bonchev–Trinajstić information content (AvgIpc) is 2.38. The lowest BCUT2D eigenvalue weighted by Gasteiger charge is -2.26. The second-order valence-electron chi connectivity index (χ2n) is 5.26. The predicted octanol–water partition coefficient (Wildman–Crippen LogP) is 3.01. The highest BCUT2D eigenvalue weighted by Crippen LogP contribution is 2.27. The normalized spacial score (nSPS) is 22.8. The van der Waals surface area contributed by atoms with Gasteiger partial charge in [-0.3, -0.25) is 0 Å². The molecular formula is C15H21NO3. The molecule has 19 heavy (non-hydrogen) atoms. The zero-order chi connectivity index (χ0) is 13.8. The fourth-order valence-electron chi connectivity index (χ4n) is 2.57. The number of anilines is 1. The van der Waals surface area contributed by atoms with E-state index in [1.807, 2.05) is 0 Å². The van der Waals surface area contributed by atoms with Gasteiger partial charge in [-0.05, 0) is 43.4 Å². The lowest BCUT2D eigenvalue weighted by Crippen LogP contribution is -2.24. The van der Waals surface area contributed by atoms with E-state index < -0.39 is 0 Å². The third-order valence-corrected chi connectivity index (χ3v) is 3.63. The highest BCUT2D eigenvalue weighted by molar-refractivity contribution is 5.91. The van der Waals surface area contributed by atoms with Crippen molar-refractivity contribution in [2.75, 3.05) is 12.8 Å². The largest absolute Gasteiger partial charge is 0.495 e. The number of methoxy groups -OCH3 is 1. The first-order chi connectivity index (χ1) is 9.10. The highest BCUT2D eigenvalue weighted by atomic mass is 16.5. The molecule has 2 atom stereocenters. The minimum absolute atomic E-state index is 0.0413. The molecule has 0 spiro atoms. The number of ether oxygens (including phenoxy) is 2. The van der Waals surface area contributed by atoms with E-state index in [2.05, 4.69) is 6.92 Å². The highest BCUT2D eigenvalue weighted by Gasteiger charge is 2.23. The maximum atomic E-state index is 12.1. The second-order valence-corrected chi connectivity index (χ2v) is 5.26. The van der Waals surface area contributed by atoms with E-state index in [1.54, 1.807) is 25.3 Å². The molecule has 0 heterocycles. The molecule has 4 heteroatoms. The van der Waals surface area contributed by atoms with Crippen LogP contribution in [0.1, 0.15) is 43.0 Å². The van der Waals surface area contributed by atoms with Crippen LogP contribution in [0.2, 0.25) is 0 Å². The van der Waals surface area contributed by atoms with E-state index in [0.717, 1.165) is 19.3 Å². The van der Waals surface area contributed by atoms with Crippen molar-refractivity contribution in [1.82, 2.24) is 0 Å². The molecule has 4 nitrogen and oxygen atoms in total. The Morgan fingerprint density at radius 3 is 2.79 bits per heavy atom. The summed E-state index contributed by atoms with van der Waals surface area (Å²) in [5.41, 5.74) is 6.73. The number of nitrogen functional groups attached to an aromatic ring is 1. The van der Waals surface area contributed by atoms with E-state index in [9.17, 15) is 4.79 Å². The van der Waals surface area contributed by atoms with Crippen LogP contribution in [0.25, 0.3) is 0 Å². The molecule has 0 aromatic heterocycles. The summed E-state index contributed by atoms with van der Waals surface area (Å²) in [7, 11) is 1.55. The zero-order valence-electron chi connectivity index (χ0n) is 11.5. The van der Waals surface area contributed by atoms with Crippen molar-refractivity contribution in [3.63, 3.8) is 0 Å². The Morgan fingerprint density at radius 2 is 2.16 bits per heavy atom. The van der Waals surface area contributed by atoms with Crippen molar-refractivity contribution in [2.45, 2.75) is 38.7 Å². The first kappa shape index (κ1) is 13.7. The molecule has 1 aromatic carbocycles. The summed E-state index contributed by atoms with van der Waals surface area (Å²) < 4.78 is 10.6. The van der Waals surface area contributed by atoms with Gasteiger partial charge < -0.3 is 15.2 Å². The van der Waals surface area contributed by atoms with E-state index >= 15 is 0 Å². The number of rotatable bonds is 3. The van der Waals surface area contributed by atoms with Crippen molar-refractivity contribution < 1.29 is 14.3 Å². The van der Waals surface area contributed by atoms with Crippen LogP contribution in [0, 0.1) is 5.92 Å². The van der Waals surface area contributed by atoms with Crippen LogP contribution in [0.15, 0.2) is 18.2 Å². The van der Waals surface area contributed by atoms with E-state index in [0.29, 0.717) is 22.9 Å². The Morgan fingerprint density at radius 1 is 1.37 bits per heavy atom. The van der Waals surface area contributed by atoms with E-state index in [4.69, 9.17) is 15.2 Å². The van der Waals surface area contributed by atoms with Crippen LogP contribution in [0.5, 0.6) is 5.75 Å². The first-order valence-electron chi connectivity index (χ1n) is 6.74. The maximum Gasteiger partial charge on any atom is 0.338 e. The molecule has 0 aliphatic heterocycles. The maximum absolute atomic E-state index is 12.1. The van der Waals surface area contributed by atoms with Crippen molar-refractivity contribution >= 4 is 11.7 Å². The SMILES string of the molecule is COc1ccc(C(=O)OC2CCCC(C)C2)cc1N. The lowest BCUT2D eigenvalue weighted by molar-refractivity contribution is 0.0155. The number of carbonyl (C=O) groups excluding carboxylic acids is 1. The quantitative estimate of drug-likeness (QED) is 0.672. The first-order valence-corrected chi connectivity index (χ1v) is 6.74. The lowest BCUT2D eigenvalue weighted by atomic mass is 9.89. The van der Waals surface area contributed by atoms with Gasteiger partial charge in [0, 0.05) is 0 Å². The van der Waals surface area contributed by atoms with Gasteiger partial charge in [0.25, 0.3) is 0 Å². The number of carbonyl (C=O) groups is 1. The van der Waals surface area contributed by atoms with Crippen molar-refractivity contribution in [3.8, 4) is 5.75 Å². The molecule has 0 radical (unpaired) electrons. The fourth-order valence-corrected chi connectivity index (χ4v) is 2.57. The molecule has 1 fully saturated rings. The smallest absolute Gasteiger partial charge is 0.338 e. The van der Waals surface area contributed by atoms with Gasteiger partial charge in [-0.25, -0.2) is 4.79 Å². The van der Waals surface area contributed by atoms with Crippen molar-refractivity contribution in [2.24, 2.45) is 5.92 Å². The summed E-state index contributed by atoms with van der Waals surface area (Å²) >= 11 is 0. The van der Waals surface area contributed by atoms with Gasteiger partial charge in [0.05, 0.1) is 18.4 Å². The molecule has 2 rings (SSSR count). The van der Waals surface area contributed by atoms with Gasteiger partial charge in [0.2, 0.25) is 0 Å². The summed E-state index contributed by atoms with van der Waals surface area (Å²) in [6, 6.07) is 4.98. The molecule has 1 saturated carbocycles. The van der Waals surface area contributed by atoms with Crippen LogP contribution in [0.3, 0.4) is 0 Å². The molecular weight excluding hydrogens is 242 g/mol. The number of esters is 1. The molecule has 0 bridgehead atoms. The van der Waals surface area contributed by atoms with Gasteiger partial charge in [0.1, 0.15) is 11.9 Å². The van der Waals surface area contributed by atoms with E-state index in [1.165, 1.54) is 6.42 Å². The molecule has 0 amide bonds. The standard InChI is InChI=1S/C15H21NO3/c1-10-4-3-5-12(8-10)19-15(17)11-6-7-14(18-2)13(16)9-11/h6-7,9-10,12H,3-5,8,16H2,1-2H3. The number of nitrogens with two attached hydrogens (primary N) is 1. The minimum Gasteiger partial charge on any atom is -0.495 e. The molecule has 104 valence electrons. The third-order valence-electron chi connectivity index (χ3n) is 3.63. The number of hydrogen-bond donors (Lipinski definition) is 1. The molecule has 2 N–H and O–H groups in total. The van der Waals surface area contributed by atoms with Crippen LogP contribution in [-0.2, 0) is 4.74 Å². The summed E-state index contributed by atoms with van der Waals surface area (Å²) in [6.07, 6.45) is 4.31. The van der Waals surface area contributed by atoms with Crippen molar-refractivity contribution in [1.29, 1.82) is 0 Å².